The molecular weight excluding hydrogens is 267 g/mol. The van der Waals surface area contributed by atoms with Crippen molar-refractivity contribution in [2.24, 2.45) is 0 Å². The van der Waals surface area contributed by atoms with Crippen molar-refractivity contribution < 1.29 is 48.9 Å². The lowest BCUT2D eigenvalue weighted by Gasteiger charge is -2.31. The summed E-state index contributed by atoms with van der Waals surface area (Å²) in [6.45, 7) is 4.67. The van der Waals surface area contributed by atoms with Crippen LogP contribution in [0.15, 0.2) is 0 Å². The van der Waals surface area contributed by atoms with Gasteiger partial charge in [-0.1, -0.05) is 0 Å². The Hall–Kier alpha value is -0.0700. The number of piperazine rings is 1. The van der Waals surface area contributed by atoms with Crippen molar-refractivity contribution in [3.8, 4) is 0 Å². The molecule has 0 aromatic rings. The lowest BCUT2D eigenvalue weighted by atomic mass is 10.2. The molecule has 0 amide bonds. The van der Waals surface area contributed by atoms with Crippen molar-refractivity contribution in [1.29, 1.82) is 0 Å². The van der Waals surface area contributed by atoms with Crippen molar-refractivity contribution >= 4 is 5.97 Å². The van der Waals surface area contributed by atoms with Gasteiger partial charge in [0.1, 0.15) is 32.8 Å². The molecule has 0 aromatic heterocycles. The first-order valence-corrected chi connectivity index (χ1v) is 5.41. The molecule has 1 aliphatic heterocycles. The first kappa shape index (κ1) is 19.3. The highest BCUT2D eigenvalue weighted by atomic mass is 35.5. The normalized spacial score (nSPS) is 25.1. The maximum atomic E-state index is 11.6. The first-order chi connectivity index (χ1) is 7.19. The monoisotopic (exact) mass is 288 g/mol. The number of quaternary nitrogens is 2. The molecular formula is C10H22Cl2N2O3. The fourth-order valence-electron chi connectivity index (χ4n) is 2.01. The van der Waals surface area contributed by atoms with Crippen molar-refractivity contribution in [3.05, 3.63) is 0 Å². The van der Waals surface area contributed by atoms with Crippen LogP contribution in [-0.2, 0) is 14.3 Å². The standard InChI is InChI=1S/C10H20N2O3.2ClH/c1-11-4-6-12(7-5-11)9(8-14-2)10(13)15-3;;/h9H,4-8H2,1-3H3;2*1H/t9-;;/m1../s1. The van der Waals surface area contributed by atoms with Gasteiger partial charge in [0.25, 0.3) is 0 Å². The second-order valence-electron chi connectivity index (χ2n) is 4.15. The zero-order valence-electron chi connectivity index (χ0n) is 10.6. The number of hydrogen-bond acceptors (Lipinski definition) is 3. The Morgan fingerprint density at radius 1 is 1.18 bits per heavy atom. The molecule has 5 nitrogen and oxygen atoms in total. The zero-order chi connectivity index (χ0) is 11.3. The molecule has 1 saturated heterocycles. The number of halogens is 2. The maximum Gasteiger partial charge on any atom is 0.367 e. The topological polar surface area (TPSA) is 44.4 Å². The highest BCUT2D eigenvalue weighted by Crippen LogP contribution is 1.85. The summed E-state index contributed by atoms with van der Waals surface area (Å²) in [5, 5.41) is 0. The van der Waals surface area contributed by atoms with Crippen molar-refractivity contribution in [3.63, 3.8) is 0 Å². The van der Waals surface area contributed by atoms with E-state index in [-0.39, 0.29) is 36.8 Å². The van der Waals surface area contributed by atoms with Crippen LogP contribution in [0.4, 0.5) is 0 Å². The lowest BCUT2D eigenvalue weighted by Crippen LogP contribution is -3.29. The minimum Gasteiger partial charge on any atom is -1.00 e. The number of ether oxygens (including phenoxy) is 2. The highest BCUT2D eigenvalue weighted by Gasteiger charge is 2.33. The molecule has 7 heteroatoms. The van der Waals surface area contributed by atoms with Gasteiger partial charge in [0.15, 0.2) is 0 Å². The molecule has 0 aromatic carbocycles. The number of likely N-dealkylation sites (N-methyl/N-ethyl adjacent to an activating group) is 1. The third-order valence-electron chi connectivity index (χ3n) is 3.06. The summed E-state index contributed by atoms with van der Waals surface area (Å²) < 4.78 is 9.88. The van der Waals surface area contributed by atoms with E-state index in [9.17, 15) is 4.79 Å². The molecule has 1 aliphatic rings. The van der Waals surface area contributed by atoms with Crippen molar-refractivity contribution in [2.75, 3.05) is 54.1 Å². The van der Waals surface area contributed by atoms with Gasteiger partial charge >= 0.3 is 5.97 Å². The van der Waals surface area contributed by atoms with E-state index in [0.29, 0.717) is 6.61 Å². The Bertz CT molecular complexity index is 212. The van der Waals surface area contributed by atoms with Crippen LogP contribution >= 0.6 is 0 Å². The Morgan fingerprint density at radius 2 is 1.71 bits per heavy atom. The summed E-state index contributed by atoms with van der Waals surface area (Å²) in [6, 6.07) is -0.159. The lowest BCUT2D eigenvalue weighted by molar-refractivity contribution is -1.01. The van der Waals surface area contributed by atoms with E-state index < -0.39 is 0 Å². The van der Waals surface area contributed by atoms with E-state index in [2.05, 4.69) is 7.05 Å². The number of nitrogens with one attached hydrogen (secondary N) is 2. The number of methoxy groups -OCH3 is 2. The van der Waals surface area contributed by atoms with E-state index in [1.165, 1.54) is 16.9 Å². The minimum atomic E-state index is -0.161. The summed E-state index contributed by atoms with van der Waals surface area (Å²) >= 11 is 0. The smallest absolute Gasteiger partial charge is 0.367 e. The first-order valence-electron chi connectivity index (χ1n) is 5.41. The van der Waals surface area contributed by atoms with Gasteiger partial charge < -0.3 is 44.1 Å². The zero-order valence-corrected chi connectivity index (χ0v) is 12.1. The van der Waals surface area contributed by atoms with Crippen LogP contribution in [0.1, 0.15) is 0 Å². The van der Waals surface area contributed by atoms with Gasteiger partial charge in [0, 0.05) is 7.11 Å². The molecule has 0 bridgehead atoms. The predicted octanol–water partition coefficient (Wildman–Crippen LogP) is -9.40. The van der Waals surface area contributed by atoms with E-state index in [4.69, 9.17) is 9.47 Å². The van der Waals surface area contributed by atoms with E-state index in [1.807, 2.05) is 0 Å². The van der Waals surface area contributed by atoms with Crippen LogP contribution < -0.4 is 34.6 Å². The fraction of sp³-hybridized carbons (Fsp3) is 0.900. The average molecular weight is 289 g/mol. The number of carbonyl (C=O) groups excluding carboxylic acids is 1. The number of hydrogen-bond donors (Lipinski definition) is 2. The predicted molar refractivity (Wildman–Crippen MR) is 55.0 cm³/mol. The summed E-state index contributed by atoms with van der Waals surface area (Å²) in [7, 11) is 5.24. The van der Waals surface area contributed by atoms with Crippen molar-refractivity contribution in [1.82, 2.24) is 0 Å². The molecule has 0 aliphatic carbocycles. The molecule has 0 radical (unpaired) electrons. The third-order valence-corrected chi connectivity index (χ3v) is 3.06. The molecule has 1 rings (SSSR count). The summed E-state index contributed by atoms with van der Waals surface area (Å²) in [5.74, 6) is -0.161. The fourth-order valence-corrected chi connectivity index (χ4v) is 2.01. The maximum absolute atomic E-state index is 11.6. The van der Waals surface area contributed by atoms with Gasteiger partial charge in [-0.25, -0.2) is 4.79 Å². The summed E-state index contributed by atoms with van der Waals surface area (Å²) in [5.41, 5.74) is 0. The van der Waals surface area contributed by atoms with Gasteiger partial charge in [-0.15, -0.1) is 0 Å². The molecule has 0 saturated carbocycles. The molecule has 104 valence electrons. The SMILES string of the molecule is COC[C@H](C(=O)OC)[NH+]1CC[NH+](C)CC1.[Cl-].[Cl-]. The van der Waals surface area contributed by atoms with E-state index in [0.717, 1.165) is 26.2 Å². The Balaban J connectivity index is 0. The average Bonchev–Trinajstić information content (AvgIpc) is 2.26. The second kappa shape index (κ2) is 9.91. The van der Waals surface area contributed by atoms with Gasteiger partial charge in [-0.3, -0.25) is 0 Å². The second-order valence-corrected chi connectivity index (χ2v) is 4.15. The van der Waals surface area contributed by atoms with Crippen LogP contribution in [0.2, 0.25) is 0 Å². The van der Waals surface area contributed by atoms with Crippen molar-refractivity contribution in [2.45, 2.75) is 6.04 Å². The van der Waals surface area contributed by atoms with Gasteiger partial charge in [-0.2, -0.15) is 0 Å². The highest BCUT2D eigenvalue weighted by molar-refractivity contribution is 5.74. The van der Waals surface area contributed by atoms with Crippen LogP contribution in [0.3, 0.4) is 0 Å². The van der Waals surface area contributed by atoms with Crippen LogP contribution in [0, 0.1) is 0 Å². The molecule has 1 fully saturated rings. The number of rotatable bonds is 4. The number of carbonyl (C=O) groups is 1. The van der Waals surface area contributed by atoms with Crippen LogP contribution in [0.25, 0.3) is 0 Å². The molecule has 17 heavy (non-hydrogen) atoms. The van der Waals surface area contributed by atoms with Crippen LogP contribution in [-0.4, -0.2) is 66.1 Å². The molecule has 0 unspecified atom stereocenters. The van der Waals surface area contributed by atoms with Gasteiger partial charge in [0.05, 0.1) is 14.2 Å². The largest absolute Gasteiger partial charge is 1.00 e. The van der Waals surface area contributed by atoms with Gasteiger partial charge in [-0.05, 0) is 0 Å². The summed E-state index contributed by atoms with van der Waals surface area (Å²) in [6.07, 6.45) is 0. The summed E-state index contributed by atoms with van der Waals surface area (Å²) in [4.78, 5) is 14.4. The Kier molecular flexibility index (Phi) is 11.2. The quantitative estimate of drug-likeness (QED) is 0.505. The number of esters is 1. The van der Waals surface area contributed by atoms with Crippen LogP contribution in [0.5, 0.6) is 0 Å². The third kappa shape index (κ3) is 5.88. The van der Waals surface area contributed by atoms with E-state index >= 15 is 0 Å². The Morgan fingerprint density at radius 3 is 2.12 bits per heavy atom. The molecule has 2 N–H and O–H groups in total. The Labute approximate surface area is 115 Å². The van der Waals surface area contributed by atoms with Gasteiger partial charge in [0.2, 0.25) is 6.04 Å². The molecule has 0 spiro atoms. The van der Waals surface area contributed by atoms with E-state index in [1.54, 1.807) is 7.11 Å². The molecule has 1 heterocycles. The molecule has 1 atom stereocenters. The minimum absolute atomic E-state index is 0.